The van der Waals surface area contributed by atoms with E-state index in [1.807, 2.05) is 6.20 Å². The summed E-state index contributed by atoms with van der Waals surface area (Å²) in [4.78, 5) is 10.1. The largest absolute Gasteiger partial charge is 0.457 e. The first-order valence-electron chi connectivity index (χ1n) is 27.0. The molecular weight excluding hydrogens is 901 g/mol. The number of hydrogen-bond donors (Lipinski definition) is 0. The number of benzene rings is 7. The summed E-state index contributed by atoms with van der Waals surface area (Å²) in [6.45, 7) is 35.2. The molecule has 0 radical (unpaired) electrons. The fourth-order valence-corrected chi connectivity index (χ4v) is 10.8. The van der Waals surface area contributed by atoms with Crippen LogP contribution >= 0.6 is 0 Å². The summed E-state index contributed by atoms with van der Waals surface area (Å²) >= 11 is 0. The minimum Gasteiger partial charge on any atom is -0.457 e. The molecule has 0 fully saturated rings. The lowest BCUT2D eigenvalue weighted by Crippen LogP contribution is -2.25. The Labute approximate surface area is 441 Å². The molecule has 0 saturated carbocycles. The smallest absolute Gasteiger partial charge is 0.138 e. The van der Waals surface area contributed by atoms with Gasteiger partial charge in [0.25, 0.3) is 0 Å². The summed E-state index contributed by atoms with van der Waals surface area (Å²) in [6.07, 6.45) is 1.99. The predicted molar refractivity (Wildman–Crippen MR) is 316 cm³/mol. The topological polar surface area (TPSA) is 33.5 Å². The van der Waals surface area contributed by atoms with Gasteiger partial charge in [0, 0.05) is 40.5 Å². The SMILES string of the molecule is CC(C)c1cc(C(C)C)c(-c2ccnc(-n3c4ccccc4c4ccc(Oc5cc(N6CN(c7cc(-c8ccccc8)cc(C(C)(C)C)c7)c7cc(C(C)(C)C)ccc76)cc(C(C)(C)C)c5)cc43)c2)c(C(C)C)c1. The molecule has 0 aliphatic carbocycles. The second kappa shape index (κ2) is 19.0. The van der Waals surface area contributed by atoms with E-state index in [-0.39, 0.29) is 16.2 Å². The number of pyridine rings is 1. The quantitative estimate of drug-likeness (QED) is 0.137. The summed E-state index contributed by atoms with van der Waals surface area (Å²) in [5.41, 5.74) is 19.6. The zero-order chi connectivity index (χ0) is 52.6. The maximum atomic E-state index is 7.12. The lowest BCUT2D eigenvalue weighted by molar-refractivity contribution is 0.479. The average Bonchev–Trinajstić information content (AvgIpc) is 3.91. The molecule has 0 saturated heterocycles. The van der Waals surface area contributed by atoms with Gasteiger partial charge in [-0.25, -0.2) is 4.98 Å². The third kappa shape index (κ3) is 9.63. The van der Waals surface area contributed by atoms with Crippen LogP contribution < -0.4 is 14.5 Å². The van der Waals surface area contributed by atoms with Crippen LogP contribution in [0.1, 0.15) is 155 Å². The van der Waals surface area contributed by atoms with Crippen molar-refractivity contribution in [1.29, 1.82) is 0 Å². The average molecular weight is 977 g/mol. The Morgan fingerprint density at radius 3 is 1.70 bits per heavy atom. The number of fused-ring (bicyclic) bond motifs is 4. The number of aromatic nitrogens is 2. The van der Waals surface area contributed by atoms with E-state index in [0.29, 0.717) is 24.4 Å². The molecule has 0 unspecified atom stereocenters. The number of nitrogens with zero attached hydrogens (tertiary/aromatic N) is 4. The molecule has 9 aromatic rings. The molecule has 0 atom stereocenters. The number of anilines is 4. The van der Waals surface area contributed by atoms with Gasteiger partial charge in [-0.3, -0.25) is 4.57 Å². The summed E-state index contributed by atoms with van der Waals surface area (Å²) in [5.74, 6) is 3.63. The molecule has 5 nitrogen and oxygen atoms in total. The van der Waals surface area contributed by atoms with Crippen LogP contribution in [0.5, 0.6) is 11.5 Å². The second-order valence-corrected chi connectivity index (χ2v) is 24.9. The molecular formula is C69H76N4O. The number of ether oxygens (including phenoxy) is 1. The van der Waals surface area contributed by atoms with Gasteiger partial charge in [-0.2, -0.15) is 0 Å². The highest BCUT2D eigenvalue weighted by molar-refractivity contribution is 6.09. The van der Waals surface area contributed by atoms with E-state index in [4.69, 9.17) is 9.72 Å². The highest BCUT2D eigenvalue weighted by Crippen LogP contribution is 2.49. The van der Waals surface area contributed by atoms with Crippen molar-refractivity contribution in [2.24, 2.45) is 0 Å². The van der Waals surface area contributed by atoms with Crippen molar-refractivity contribution >= 4 is 44.6 Å². The molecule has 10 rings (SSSR count). The predicted octanol–water partition coefficient (Wildman–Crippen LogP) is 19.8. The molecule has 3 heterocycles. The Bertz CT molecular complexity index is 3530. The third-order valence-corrected chi connectivity index (χ3v) is 15.3. The van der Waals surface area contributed by atoms with Crippen LogP contribution in [0.15, 0.2) is 158 Å². The van der Waals surface area contributed by atoms with Crippen molar-refractivity contribution in [3.05, 3.63) is 191 Å². The van der Waals surface area contributed by atoms with Gasteiger partial charge >= 0.3 is 0 Å². The standard InChI is InChI=1S/C69H76N4O/c1-43(2)48-33-59(44(3)4)66(60(34-48)45(5)6)47-29-30-70-65(35-47)73-61-24-20-19-23-57(61)58-27-26-55(41-63(58)73)74-56-38-52(69(13,14)15)37-54(40-56)71-42-72(64-39-50(67(7,8)9)25-28-62(64)71)53-32-49(46-21-17-16-18-22-46)31-51(36-53)68(10,11)12/h16-41,43-45H,42H2,1-15H3. The first kappa shape index (κ1) is 50.4. The fourth-order valence-electron chi connectivity index (χ4n) is 10.8. The van der Waals surface area contributed by atoms with Crippen molar-refractivity contribution < 1.29 is 4.74 Å². The first-order valence-corrected chi connectivity index (χ1v) is 27.0. The highest BCUT2D eigenvalue weighted by atomic mass is 16.5. The van der Waals surface area contributed by atoms with Gasteiger partial charge in [0.05, 0.1) is 22.4 Å². The lowest BCUT2D eigenvalue weighted by Gasteiger charge is -2.28. The summed E-state index contributed by atoms with van der Waals surface area (Å²) in [7, 11) is 0. The monoisotopic (exact) mass is 977 g/mol. The zero-order valence-electron chi connectivity index (χ0n) is 46.6. The van der Waals surface area contributed by atoms with Gasteiger partial charge in [0.2, 0.25) is 0 Å². The van der Waals surface area contributed by atoms with Gasteiger partial charge in [-0.1, -0.05) is 177 Å². The van der Waals surface area contributed by atoms with Gasteiger partial charge in [-0.05, 0) is 156 Å². The van der Waals surface area contributed by atoms with Crippen LogP contribution in [0, 0.1) is 0 Å². The molecule has 7 aromatic carbocycles. The van der Waals surface area contributed by atoms with Crippen LogP contribution in [0.3, 0.4) is 0 Å². The summed E-state index contributed by atoms with van der Waals surface area (Å²) in [5, 5.41) is 2.34. The molecule has 2 aromatic heterocycles. The van der Waals surface area contributed by atoms with Gasteiger partial charge in [-0.15, -0.1) is 0 Å². The molecule has 0 amide bonds. The van der Waals surface area contributed by atoms with Crippen LogP contribution in [0.25, 0.3) is 49.9 Å². The molecule has 0 spiro atoms. The van der Waals surface area contributed by atoms with Crippen molar-refractivity contribution in [3.63, 3.8) is 0 Å². The summed E-state index contributed by atoms with van der Waals surface area (Å²) in [6, 6.07) is 56.4. The Hall–Kier alpha value is -7.11. The van der Waals surface area contributed by atoms with E-state index < -0.39 is 0 Å². The van der Waals surface area contributed by atoms with Crippen LogP contribution in [0.4, 0.5) is 22.7 Å². The maximum absolute atomic E-state index is 7.12. The van der Waals surface area contributed by atoms with E-state index >= 15 is 0 Å². The lowest BCUT2D eigenvalue weighted by atomic mass is 9.82. The number of hydrogen-bond acceptors (Lipinski definition) is 4. The molecule has 74 heavy (non-hydrogen) atoms. The van der Waals surface area contributed by atoms with Gasteiger partial charge in [0.1, 0.15) is 24.0 Å². The Morgan fingerprint density at radius 2 is 1.05 bits per heavy atom. The molecule has 0 bridgehead atoms. The van der Waals surface area contributed by atoms with Crippen molar-refractivity contribution in [3.8, 4) is 39.6 Å². The minimum absolute atomic E-state index is 0.0242. The third-order valence-electron chi connectivity index (χ3n) is 15.3. The first-order chi connectivity index (χ1) is 35.0. The molecule has 0 N–H and O–H groups in total. The maximum Gasteiger partial charge on any atom is 0.138 e. The van der Waals surface area contributed by atoms with Crippen LogP contribution in [-0.4, -0.2) is 16.2 Å². The number of rotatable bonds is 10. The number of para-hydroxylation sites is 1. The Balaban J connectivity index is 1.08. The van der Waals surface area contributed by atoms with E-state index in [1.54, 1.807) is 0 Å². The molecule has 1 aliphatic heterocycles. The van der Waals surface area contributed by atoms with E-state index in [1.165, 1.54) is 78.1 Å². The minimum atomic E-state index is -0.148. The molecule has 378 valence electrons. The van der Waals surface area contributed by atoms with Gasteiger partial charge in [0.15, 0.2) is 0 Å². The Morgan fingerprint density at radius 1 is 0.446 bits per heavy atom. The van der Waals surface area contributed by atoms with Crippen molar-refractivity contribution in [2.45, 2.75) is 138 Å². The van der Waals surface area contributed by atoms with E-state index in [2.05, 4.69) is 270 Å². The van der Waals surface area contributed by atoms with Gasteiger partial charge < -0.3 is 14.5 Å². The van der Waals surface area contributed by atoms with Crippen molar-refractivity contribution in [1.82, 2.24) is 9.55 Å². The summed E-state index contributed by atoms with van der Waals surface area (Å²) < 4.78 is 9.45. The van der Waals surface area contributed by atoms with E-state index in [0.717, 1.165) is 39.4 Å². The fraction of sp³-hybridized carbons (Fsp3) is 0.319. The second-order valence-electron chi connectivity index (χ2n) is 24.9. The normalized spacial score (nSPS) is 13.3. The van der Waals surface area contributed by atoms with E-state index in [9.17, 15) is 0 Å². The van der Waals surface area contributed by atoms with Crippen LogP contribution in [0.2, 0.25) is 0 Å². The molecule has 1 aliphatic rings. The Kier molecular flexibility index (Phi) is 12.9. The van der Waals surface area contributed by atoms with Crippen LogP contribution in [-0.2, 0) is 16.2 Å². The molecule has 5 heteroatoms. The van der Waals surface area contributed by atoms with Crippen molar-refractivity contribution in [2.75, 3.05) is 16.5 Å². The zero-order valence-corrected chi connectivity index (χ0v) is 46.6. The highest BCUT2D eigenvalue weighted by Gasteiger charge is 2.33.